The molecule has 274 valence electrons. The normalized spacial score (nSPS) is 20.2. The van der Waals surface area contributed by atoms with E-state index < -0.39 is 18.0 Å². The lowest BCUT2D eigenvalue weighted by Crippen LogP contribution is -2.47. The highest BCUT2D eigenvalue weighted by atomic mass is 16.7. The van der Waals surface area contributed by atoms with Crippen molar-refractivity contribution in [1.82, 2.24) is 9.80 Å². The molecule has 5 rings (SSSR count). The summed E-state index contributed by atoms with van der Waals surface area (Å²) in [5, 5.41) is 25.1. The highest BCUT2D eigenvalue weighted by Crippen LogP contribution is 2.34. The Morgan fingerprint density at radius 3 is 2.35 bits per heavy atom. The second-order valence-corrected chi connectivity index (χ2v) is 13.4. The monoisotopic (exact) mass is 704 g/mol. The van der Waals surface area contributed by atoms with Gasteiger partial charge in [-0.05, 0) is 88.2 Å². The number of anilines is 2. The van der Waals surface area contributed by atoms with E-state index in [1.807, 2.05) is 33.0 Å². The van der Waals surface area contributed by atoms with Crippen LogP contribution in [-0.4, -0.2) is 96.3 Å². The molecule has 3 aromatic carbocycles. The van der Waals surface area contributed by atoms with E-state index >= 15 is 0 Å². The molecule has 3 aromatic rings. The summed E-state index contributed by atoms with van der Waals surface area (Å²) in [5.74, 6) is 0.108. The molecular formula is C38H48N4O9. The number of amides is 3. The van der Waals surface area contributed by atoms with Gasteiger partial charge >= 0.3 is 12.0 Å². The summed E-state index contributed by atoms with van der Waals surface area (Å²) in [7, 11) is 1.98. The number of carbonyl (C=O) groups is 3. The molecule has 0 saturated heterocycles. The molecule has 0 fully saturated rings. The van der Waals surface area contributed by atoms with Crippen molar-refractivity contribution < 1.29 is 43.5 Å². The number of nitrogens with zero attached hydrogens (tertiary/aromatic N) is 2. The van der Waals surface area contributed by atoms with Crippen LogP contribution in [0.1, 0.15) is 66.3 Å². The number of ether oxygens (including phenoxy) is 4. The SMILES string of the molecule is C[C@H]1CCCCO[C@H](CN(C)Cc2ccc(C(=O)O)cc2)[C@@H](C)CN([C@@H](C)CO)C(=O)c2cc(NC(=O)Nc3ccc4c(c3)OCO4)ccc2O1. The maximum absolute atomic E-state index is 14.4. The minimum atomic E-state index is -0.966. The highest BCUT2D eigenvalue weighted by molar-refractivity contribution is 6.02. The number of aromatic carboxylic acids is 1. The Labute approximate surface area is 298 Å². The number of hydrogen-bond acceptors (Lipinski definition) is 9. The number of carboxylic acids is 1. The first-order chi connectivity index (χ1) is 24.5. The van der Waals surface area contributed by atoms with Crippen LogP contribution >= 0.6 is 0 Å². The minimum absolute atomic E-state index is 0.122. The number of hydrogen-bond donors (Lipinski definition) is 4. The van der Waals surface area contributed by atoms with E-state index in [1.54, 1.807) is 60.4 Å². The van der Waals surface area contributed by atoms with Gasteiger partial charge in [0, 0.05) is 49.6 Å². The van der Waals surface area contributed by atoms with Gasteiger partial charge in [-0.1, -0.05) is 19.1 Å². The number of benzene rings is 3. The van der Waals surface area contributed by atoms with Crippen molar-refractivity contribution in [3.05, 3.63) is 77.4 Å². The fourth-order valence-electron chi connectivity index (χ4n) is 6.17. The third kappa shape index (κ3) is 10.1. The van der Waals surface area contributed by atoms with Crippen LogP contribution in [0.3, 0.4) is 0 Å². The average molecular weight is 705 g/mol. The number of carbonyl (C=O) groups excluding carboxylic acids is 2. The van der Waals surface area contributed by atoms with Crippen molar-refractivity contribution in [3.63, 3.8) is 0 Å². The van der Waals surface area contributed by atoms with Gasteiger partial charge in [0.05, 0.1) is 36.0 Å². The Balaban J connectivity index is 1.35. The topological polar surface area (TPSA) is 159 Å². The molecule has 4 atom stereocenters. The number of likely N-dealkylation sites (N-methyl/N-ethyl adjacent to an activating group) is 1. The molecule has 13 heteroatoms. The molecule has 2 aliphatic heterocycles. The minimum Gasteiger partial charge on any atom is -0.490 e. The third-order valence-electron chi connectivity index (χ3n) is 9.08. The Morgan fingerprint density at radius 2 is 1.65 bits per heavy atom. The van der Waals surface area contributed by atoms with Crippen molar-refractivity contribution >= 4 is 29.3 Å². The molecule has 51 heavy (non-hydrogen) atoms. The number of aliphatic hydroxyl groups excluding tert-OH is 1. The van der Waals surface area contributed by atoms with Crippen LogP contribution in [0, 0.1) is 5.92 Å². The molecule has 0 aromatic heterocycles. The number of nitrogens with one attached hydrogen (secondary N) is 2. The van der Waals surface area contributed by atoms with E-state index in [0.29, 0.717) is 54.9 Å². The predicted octanol–water partition coefficient (Wildman–Crippen LogP) is 5.69. The van der Waals surface area contributed by atoms with Crippen LogP contribution in [0.25, 0.3) is 0 Å². The zero-order valence-electron chi connectivity index (χ0n) is 29.6. The number of rotatable bonds is 9. The Hall–Kier alpha value is -4.85. The van der Waals surface area contributed by atoms with Crippen LogP contribution in [-0.2, 0) is 11.3 Å². The van der Waals surface area contributed by atoms with Gasteiger partial charge in [0.1, 0.15) is 5.75 Å². The summed E-state index contributed by atoms with van der Waals surface area (Å²) >= 11 is 0. The summed E-state index contributed by atoms with van der Waals surface area (Å²) < 4.78 is 23.5. The molecule has 2 heterocycles. The van der Waals surface area contributed by atoms with Gasteiger partial charge < -0.3 is 44.7 Å². The number of fused-ring (bicyclic) bond motifs is 2. The number of carboxylic acid groups (broad SMARTS) is 1. The predicted molar refractivity (Wildman–Crippen MR) is 192 cm³/mol. The Bertz CT molecular complexity index is 1670. The third-order valence-corrected chi connectivity index (χ3v) is 9.08. The van der Waals surface area contributed by atoms with Gasteiger partial charge in [0.2, 0.25) is 6.79 Å². The summed E-state index contributed by atoms with van der Waals surface area (Å²) in [4.78, 5) is 42.5. The molecule has 0 radical (unpaired) electrons. The first-order valence-corrected chi connectivity index (χ1v) is 17.3. The maximum Gasteiger partial charge on any atom is 0.335 e. The standard InChI is InChI=1S/C38H48N4O9/c1-24-19-42(25(2)22-43)36(44)31-17-29(39-38(47)40-30-13-15-33-34(18-30)50-23-49-33)12-14-32(31)51-26(3)7-5-6-16-48-35(24)21-41(4)20-27-8-10-28(11-9-27)37(45)46/h8-15,17-18,24-26,35,43H,5-7,16,19-23H2,1-4H3,(H,45,46)(H2,39,40,47)/t24-,25-,26-,35+/m0/s1. The van der Waals surface area contributed by atoms with E-state index in [1.165, 1.54) is 0 Å². The van der Waals surface area contributed by atoms with E-state index in [2.05, 4.69) is 15.5 Å². The van der Waals surface area contributed by atoms with Crippen LogP contribution < -0.4 is 24.8 Å². The molecule has 4 N–H and O–H groups in total. The molecular weight excluding hydrogens is 656 g/mol. The average Bonchev–Trinajstić information content (AvgIpc) is 3.57. The Morgan fingerprint density at radius 1 is 0.961 bits per heavy atom. The van der Waals surface area contributed by atoms with Crippen LogP contribution in [0.4, 0.5) is 16.2 Å². The van der Waals surface area contributed by atoms with Gasteiger partial charge in [-0.25, -0.2) is 9.59 Å². The van der Waals surface area contributed by atoms with Crippen molar-refractivity contribution in [2.75, 3.05) is 50.8 Å². The van der Waals surface area contributed by atoms with Crippen molar-refractivity contribution in [2.24, 2.45) is 5.92 Å². The highest BCUT2D eigenvalue weighted by Gasteiger charge is 2.30. The van der Waals surface area contributed by atoms with Crippen LogP contribution in [0.2, 0.25) is 0 Å². The van der Waals surface area contributed by atoms with Gasteiger partial charge in [-0.15, -0.1) is 0 Å². The van der Waals surface area contributed by atoms with E-state index in [-0.39, 0.29) is 48.6 Å². The van der Waals surface area contributed by atoms with Gasteiger partial charge in [-0.2, -0.15) is 0 Å². The van der Waals surface area contributed by atoms with Gasteiger partial charge in [-0.3, -0.25) is 9.69 Å². The Kier molecular flexibility index (Phi) is 12.8. The lowest BCUT2D eigenvalue weighted by molar-refractivity contribution is -0.0177. The van der Waals surface area contributed by atoms with E-state index in [4.69, 9.17) is 18.9 Å². The van der Waals surface area contributed by atoms with Crippen LogP contribution in [0.15, 0.2) is 60.7 Å². The second-order valence-electron chi connectivity index (χ2n) is 13.4. The number of urea groups is 1. The fraction of sp³-hybridized carbons (Fsp3) is 0.447. The van der Waals surface area contributed by atoms with Crippen molar-refractivity contribution in [1.29, 1.82) is 0 Å². The molecule has 2 aliphatic rings. The first kappa shape index (κ1) is 37.4. The smallest absolute Gasteiger partial charge is 0.335 e. The molecule has 0 unspecified atom stereocenters. The summed E-state index contributed by atoms with van der Waals surface area (Å²) in [5.41, 5.74) is 2.38. The van der Waals surface area contributed by atoms with Crippen molar-refractivity contribution in [3.8, 4) is 17.2 Å². The lowest BCUT2D eigenvalue weighted by Gasteiger charge is -2.36. The first-order valence-electron chi connectivity index (χ1n) is 17.3. The van der Waals surface area contributed by atoms with Crippen molar-refractivity contribution in [2.45, 2.75) is 64.8 Å². The molecule has 13 nitrogen and oxygen atoms in total. The largest absolute Gasteiger partial charge is 0.490 e. The number of aliphatic hydroxyl groups is 1. The van der Waals surface area contributed by atoms with E-state index in [0.717, 1.165) is 24.8 Å². The molecule has 0 bridgehead atoms. The summed E-state index contributed by atoms with van der Waals surface area (Å²) in [6.07, 6.45) is 2.02. The molecule has 0 spiro atoms. The summed E-state index contributed by atoms with van der Waals surface area (Å²) in [6, 6.07) is 15.9. The van der Waals surface area contributed by atoms with Gasteiger partial charge in [0.15, 0.2) is 11.5 Å². The molecule has 0 saturated carbocycles. The van der Waals surface area contributed by atoms with Gasteiger partial charge in [0.25, 0.3) is 5.91 Å². The zero-order chi connectivity index (χ0) is 36.5. The van der Waals surface area contributed by atoms with Crippen LogP contribution in [0.5, 0.6) is 17.2 Å². The zero-order valence-corrected chi connectivity index (χ0v) is 29.6. The maximum atomic E-state index is 14.4. The molecule has 3 amide bonds. The molecule has 0 aliphatic carbocycles. The quantitative estimate of drug-likeness (QED) is 0.218. The van der Waals surface area contributed by atoms with E-state index in [9.17, 15) is 24.6 Å². The lowest BCUT2D eigenvalue weighted by atomic mass is 10.0. The fourth-order valence-corrected chi connectivity index (χ4v) is 6.17. The summed E-state index contributed by atoms with van der Waals surface area (Å²) in [6.45, 7) is 7.66. The second kappa shape index (κ2) is 17.4.